The minimum absolute atomic E-state index is 0.0990. The second-order valence-electron chi connectivity index (χ2n) is 7.63. The van der Waals surface area contributed by atoms with Gasteiger partial charge in [-0.3, -0.25) is 13.9 Å². The number of halogens is 2. The number of hydrogen-bond donors (Lipinski definition) is 1. The highest BCUT2D eigenvalue weighted by Crippen LogP contribution is 2.31. The van der Waals surface area contributed by atoms with Crippen molar-refractivity contribution in [3.63, 3.8) is 0 Å². The van der Waals surface area contributed by atoms with Crippen molar-refractivity contribution in [1.82, 2.24) is 10.2 Å². The Balaban J connectivity index is 2.49. The lowest BCUT2D eigenvalue weighted by atomic mass is 10.1. The summed E-state index contributed by atoms with van der Waals surface area (Å²) in [5, 5.41) is 3.18. The molecule has 2 aromatic rings. The Bertz CT molecular complexity index is 1110. The Labute approximate surface area is 205 Å². The molecule has 1 unspecified atom stereocenters. The first-order chi connectivity index (χ1) is 15.5. The number of aryl methyl sites for hydroxylation is 1. The summed E-state index contributed by atoms with van der Waals surface area (Å²) < 4.78 is 26.1. The number of nitrogens with zero attached hydrogens (tertiary/aromatic N) is 2. The SMILES string of the molecule is CCNC(=O)C(CC)N(Cc1ccccc1C)C(=O)CN(c1cc(Cl)ccc1Cl)S(C)(=O)=O. The smallest absolute Gasteiger partial charge is 0.244 e. The largest absolute Gasteiger partial charge is 0.355 e. The lowest BCUT2D eigenvalue weighted by Gasteiger charge is -2.33. The van der Waals surface area contributed by atoms with Gasteiger partial charge in [0.05, 0.1) is 17.0 Å². The maximum absolute atomic E-state index is 13.6. The molecule has 0 saturated heterocycles. The first-order valence-corrected chi connectivity index (χ1v) is 13.1. The van der Waals surface area contributed by atoms with Crippen LogP contribution in [0.1, 0.15) is 31.4 Å². The van der Waals surface area contributed by atoms with Gasteiger partial charge in [-0.25, -0.2) is 8.42 Å². The third-order valence-corrected chi connectivity index (χ3v) is 6.88. The summed E-state index contributed by atoms with van der Waals surface area (Å²) in [6.07, 6.45) is 1.35. The summed E-state index contributed by atoms with van der Waals surface area (Å²) in [5.74, 6) is -0.827. The minimum atomic E-state index is -3.89. The number of rotatable bonds is 10. The summed E-state index contributed by atoms with van der Waals surface area (Å²) in [6, 6.07) is 11.2. The molecular weight excluding hydrogens is 485 g/mol. The molecule has 0 radical (unpaired) electrons. The van der Waals surface area contributed by atoms with E-state index in [1.807, 2.05) is 31.2 Å². The van der Waals surface area contributed by atoms with Crippen LogP contribution in [0, 0.1) is 6.92 Å². The van der Waals surface area contributed by atoms with E-state index in [2.05, 4.69) is 5.32 Å². The first-order valence-electron chi connectivity index (χ1n) is 10.5. The zero-order chi connectivity index (χ0) is 24.8. The van der Waals surface area contributed by atoms with E-state index >= 15 is 0 Å². The van der Waals surface area contributed by atoms with Gasteiger partial charge in [0.1, 0.15) is 12.6 Å². The number of hydrogen-bond acceptors (Lipinski definition) is 4. The van der Waals surface area contributed by atoms with E-state index in [4.69, 9.17) is 23.2 Å². The van der Waals surface area contributed by atoms with Gasteiger partial charge < -0.3 is 10.2 Å². The van der Waals surface area contributed by atoms with Crippen molar-refractivity contribution in [1.29, 1.82) is 0 Å². The van der Waals surface area contributed by atoms with Crippen molar-refractivity contribution in [3.05, 3.63) is 63.6 Å². The Kier molecular flexibility index (Phi) is 9.57. The van der Waals surface area contributed by atoms with Gasteiger partial charge in [-0.15, -0.1) is 0 Å². The molecule has 0 aliphatic heterocycles. The first kappa shape index (κ1) is 27.0. The highest BCUT2D eigenvalue weighted by atomic mass is 35.5. The van der Waals surface area contributed by atoms with Gasteiger partial charge in [0.15, 0.2) is 0 Å². The van der Waals surface area contributed by atoms with Crippen LogP contribution >= 0.6 is 23.2 Å². The van der Waals surface area contributed by atoms with E-state index in [9.17, 15) is 18.0 Å². The van der Waals surface area contributed by atoms with E-state index in [1.54, 1.807) is 13.8 Å². The van der Waals surface area contributed by atoms with Crippen LogP contribution in [0.25, 0.3) is 0 Å². The summed E-state index contributed by atoms with van der Waals surface area (Å²) >= 11 is 12.3. The van der Waals surface area contributed by atoms with Crippen LogP contribution in [-0.4, -0.2) is 50.5 Å². The summed E-state index contributed by atoms with van der Waals surface area (Å²) in [6.45, 7) is 5.56. The lowest BCUT2D eigenvalue weighted by molar-refractivity contribution is -0.140. The quantitative estimate of drug-likeness (QED) is 0.519. The van der Waals surface area contributed by atoms with Gasteiger partial charge in [-0.1, -0.05) is 54.4 Å². The molecule has 2 aromatic carbocycles. The van der Waals surface area contributed by atoms with Crippen molar-refractivity contribution >= 4 is 50.7 Å². The predicted octanol–water partition coefficient (Wildman–Crippen LogP) is 4.01. The highest BCUT2D eigenvalue weighted by Gasteiger charge is 2.32. The molecule has 0 aliphatic rings. The van der Waals surface area contributed by atoms with Crippen LogP contribution in [0.3, 0.4) is 0 Å². The molecule has 0 spiro atoms. The average Bonchev–Trinajstić information content (AvgIpc) is 2.74. The van der Waals surface area contributed by atoms with Gasteiger partial charge in [-0.2, -0.15) is 0 Å². The van der Waals surface area contributed by atoms with E-state index in [1.165, 1.54) is 23.1 Å². The normalized spacial score (nSPS) is 12.2. The van der Waals surface area contributed by atoms with Crippen molar-refractivity contribution in [3.8, 4) is 0 Å². The molecule has 180 valence electrons. The number of nitrogens with one attached hydrogen (secondary N) is 1. The van der Waals surface area contributed by atoms with Gasteiger partial charge >= 0.3 is 0 Å². The third-order valence-electron chi connectivity index (χ3n) is 5.19. The second-order valence-corrected chi connectivity index (χ2v) is 10.4. The van der Waals surface area contributed by atoms with E-state index < -0.39 is 28.5 Å². The van der Waals surface area contributed by atoms with Crippen LogP contribution in [-0.2, 0) is 26.2 Å². The Morgan fingerprint density at radius 1 is 1.09 bits per heavy atom. The molecule has 2 rings (SSSR count). The monoisotopic (exact) mass is 513 g/mol. The van der Waals surface area contributed by atoms with E-state index in [-0.39, 0.29) is 28.2 Å². The number of carbonyl (C=O) groups is 2. The number of carbonyl (C=O) groups excluding carboxylic acids is 2. The molecule has 1 N–H and O–H groups in total. The molecule has 33 heavy (non-hydrogen) atoms. The number of benzene rings is 2. The average molecular weight is 514 g/mol. The van der Waals surface area contributed by atoms with Gasteiger partial charge in [-0.05, 0) is 49.6 Å². The number of anilines is 1. The van der Waals surface area contributed by atoms with E-state index in [0.29, 0.717) is 13.0 Å². The topological polar surface area (TPSA) is 86.8 Å². The zero-order valence-electron chi connectivity index (χ0n) is 19.1. The van der Waals surface area contributed by atoms with Crippen molar-refractivity contribution in [2.75, 3.05) is 23.7 Å². The van der Waals surface area contributed by atoms with Crippen LogP contribution in [0.15, 0.2) is 42.5 Å². The highest BCUT2D eigenvalue weighted by molar-refractivity contribution is 7.92. The predicted molar refractivity (Wildman–Crippen MR) is 133 cm³/mol. The number of amides is 2. The van der Waals surface area contributed by atoms with Crippen molar-refractivity contribution in [2.45, 2.75) is 39.8 Å². The van der Waals surface area contributed by atoms with Crippen LogP contribution in [0.2, 0.25) is 10.0 Å². The van der Waals surface area contributed by atoms with Crippen molar-refractivity contribution < 1.29 is 18.0 Å². The van der Waals surface area contributed by atoms with Crippen LogP contribution in [0.4, 0.5) is 5.69 Å². The Hall–Kier alpha value is -2.29. The molecule has 0 heterocycles. The molecule has 0 saturated carbocycles. The number of sulfonamides is 1. The molecule has 0 aromatic heterocycles. The Morgan fingerprint density at radius 3 is 2.33 bits per heavy atom. The summed E-state index contributed by atoms with van der Waals surface area (Å²) in [7, 11) is -3.89. The van der Waals surface area contributed by atoms with Gasteiger partial charge in [0, 0.05) is 18.1 Å². The fourth-order valence-corrected chi connectivity index (χ4v) is 4.74. The molecule has 0 aliphatic carbocycles. The molecule has 10 heteroatoms. The lowest BCUT2D eigenvalue weighted by Crippen LogP contribution is -2.52. The zero-order valence-corrected chi connectivity index (χ0v) is 21.5. The summed E-state index contributed by atoms with van der Waals surface area (Å²) in [4.78, 5) is 27.8. The fourth-order valence-electron chi connectivity index (χ4n) is 3.45. The maximum atomic E-state index is 13.6. The second kappa shape index (κ2) is 11.7. The van der Waals surface area contributed by atoms with Crippen LogP contribution in [0.5, 0.6) is 0 Å². The van der Waals surface area contributed by atoms with Gasteiger partial charge in [0.25, 0.3) is 0 Å². The maximum Gasteiger partial charge on any atom is 0.244 e. The third kappa shape index (κ3) is 7.09. The standard InChI is InChI=1S/C23H29Cl2N3O4S/c1-5-20(23(30)26-6-2)27(14-17-10-8-7-9-16(17)3)22(29)15-28(33(4,31)32)21-13-18(24)11-12-19(21)25/h7-13,20H,5-6,14-15H2,1-4H3,(H,26,30). The molecule has 7 nitrogen and oxygen atoms in total. The van der Waals surface area contributed by atoms with Crippen molar-refractivity contribution in [2.24, 2.45) is 0 Å². The fraction of sp³-hybridized carbons (Fsp3) is 0.391. The molecular formula is C23H29Cl2N3O4S. The molecule has 1 atom stereocenters. The molecule has 0 bridgehead atoms. The van der Waals surface area contributed by atoms with E-state index in [0.717, 1.165) is 21.7 Å². The molecule has 0 fully saturated rings. The Morgan fingerprint density at radius 2 is 1.76 bits per heavy atom. The molecule has 2 amide bonds. The van der Waals surface area contributed by atoms with Crippen LogP contribution < -0.4 is 9.62 Å². The van der Waals surface area contributed by atoms with Gasteiger partial charge in [0.2, 0.25) is 21.8 Å². The number of likely N-dealkylation sites (N-methyl/N-ethyl adjacent to an activating group) is 1. The summed E-state index contributed by atoms with van der Waals surface area (Å²) in [5.41, 5.74) is 1.92. The minimum Gasteiger partial charge on any atom is -0.355 e.